The van der Waals surface area contributed by atoms with Crippen molar-refractivity contribution >= 4 is 0 Å². The van der Waals surface area contributed by atoms with Crippen LogP contribution in [-0.4, -0.2) is 12.7 Å². The molecule has 0 aliphatic carbocycles. The van der Waals surface area contributed by atoms with E-state index in [4.69, 9.17) is 0 Å². The molecule has 2 rings (SSSR count). The quantitative estimate of drug-likeness (QED) is 0.804. The van der Waals surface area contributed by atoms with Crippen molar-refractivity contribution in [3.05, 3.63) is 34.9 Å². The molecule has 1 fully saturated rings. The van der Waals surface area contributed by atoms with Crippen molar-refractivity contribution < 1.29 is 13.2 Å². The fourth-order valence-corrected chi connectivity index (χ4v) is 2.66. The van der Waals surface area contributed by atoms with Crippen LogP contribution in [-0.2, 0) is 0 Å². The molecule has 1 aromatic carbocycles. The molecule has 2 atom stereocenters. The van der Waals surface area contributed by atoms with Gasteiger partial charge in [-0.25, -0.2) is 0 Å². The Morgan fingerprint density at radius 2 is 1.94 bits per heavy atom. The maximum absolute atomic E-state index is 13.1. The zero-order chi connectivity index (χ0) is 13.3. The Kier molecular flexibility index (Phi) is 3.66. The number of rotatable bonds is 1. The van der Waals surface area contributed by atoms with E-state index < -0.39 is 18.1 Å². The highest BCUT2D eigenvalue weighted by molar-refractivity contribution is 5.34. The Morgan fingerprint density at radius 3 is 2.61 bits per heavy atom. The van der Waals surface area contributed by atoms with Gasteiger partial charge in [0, 0.05) is 6.04 Å². The number of piperidine rings is 1. The Bertz CT molecular complexity index is 426. The Labute approximate surface area is 105 Å². The lowest BCUT2D eigenvalue weighted by Gasteiger charge is -2.35. The highest BCUT2D eigenvalue weighted by atomic mass is 19.4. The second-order valence-corrected chi connectivity index (χ2v) is 5.08. The van der Waals surface area contributed by atoms with Crippen molar-refractivity contribution in [2.75, 3.05) is 6.54 Å². The van der Waals surface area contributed by atoms with Gasteiger partial charge in [0.15, 0.2) is 0 Å². The predicted molar refractivity (Wildman–Crippen MR) is 65.4 cm³/mol. The molecule has 1 heterocycles. The van der Waals surface area contributed by atoms with Gasteiger partial charge in [-0.2, -0.15) is 13.2 Å². The summed E-state index contributed by atoms with van der Waals surface area (Å²) < 4.78 is 39.2. The van der Waals surface area contributed by atoms with E-state index in [9.17, 15) is 13.2 Å². The van der Waals surface area contributed by atoms with Crippen LogP contribution in [0.3, 0.4) is 0 Å². The van der Waals surface area contributed by atoms with Crippen LogP contribution in [0.4, 0.5) is 13.2 Å². The van der Waals surface area contributed by atoms with Gasteiger partial charge in [0.1, 0.15) is 0 Å². The normalized spacial score (nSPS) is 25.2. The highest BCUT2D eigenvalue weighted by Gasteiger charge is 2.46. The largest absolute Gasteiger partial charge is 0.393 e. The number of alkyl halides is 3. The lowest BCUT2D eigenvalue weighted by molar-refractivity contribution is -0.189. The van der Waals surface area contributed by atoms with Crippen LogP contribution in [0.1, 0.15) is 35.6 Å². The minimum atomic E-state index is -4.13. The number of hydrogen-bond donors (Lipinski definition) is 1. The van der Waals surface area contributed by atoms with E-state index in [1.165, 1.54) is 0 Å². The van der Waals surface area contributed by atoms with Gasteiger partial charge in [-0.15, -0.1) is 0 Å². The molecule has 1 saturated heterocycles. The monoisotopic (exact) mass is 257 g/mol. The first kappa shape index (κ1) is 13.4. The maximum atomic E-state index is 13.1. The molecule has 1 aliphatic rings. The molecule has 1 N–H and O–H groups in total. The molecule has 0 saturated carbocycles. The molecule has 1 aromatic rings. The van der Waals surface area contributed by atoms with Gasteiger partial charge < -0.3 is 5.32 Å². The minimum absolute atomic E-state index is 0.217. The molecule has 0 radical (unpaired) electrons. The first-order valence-corrected chi connectivity index (χ1v) is 6.27. The topological polar surface area (TPSA) is 12.0 Å². The van der Waals surface area contributed by atoms with Crippen molar-refractivity contribution in [3.63, 3.8) is 0 Å². The summed E-state index contributed by atoms with van der Waals surface area (Å²) in [5.74, 6) is -1.27. The average molecular weight is 257 g/mol. The molecule has 4 heteroatoms. The molecule has 18 heavy (non-hydrogen) atoms. The van der Waals surface area contributed by atoms with Gasteiger partial charge in [0.25, 0.3) is 0 Å². The summed E-state index contributed by atoms with van der Waals surface area (Å²) >= 11 is 0. The van der Waals surface area contributed by atoms with Crippen molar-refractivity contribution in [1.82, 2.24) is 5.32 Å². The molecule has 0 spiro atoms. The molecule has 0 amide bonds. The summed E-state index contributed by atoms with van der Waals surface area (Å²) in [6.07, 6.45) is -3.33. The fraction of sp³-hybridized carbons (Fsp3) is 0.571. The van der Waals surface area contributed by atoms with Crippen LogP contribution < -0.4 is 5.32 Å². The number of halogens is 3. The van der Waals surface area contributed by atoms with E-state index >= 15 is 0 Å². The van der Waals surface area contributed by atoms with Gasteiger partial charge in [-0.1, -0.05) is 23.8 Å². The highest BCUT2D eigenvalue weighted by Crippen LogP contribution is 2.41. The summed E-state index contributed by atoms with van der Waals surface area (Å²) in [5, 5.41) is 3.04. The summed E-state index contributed by atoms with van der Waals surface area (Å²) in [7, 11) is 0. The van der Waals surface area contributed by atoms with Crippen molar-refractivity contribution in [3.8, 4) is 0 Å². The second kappa shape index (κ2) is 4.92. The van der Waals surface area contributed by atoms with Gasteiger partial charge in [-0.05, 0) is 44.4 Å². The number of hydrogen-bond acceptors (Lipinski definition) is 1. The Balaban J connectivity index is 2.37. The Morgan fingerprint density at radius 1 is 1.22 bits per heavy atom. The van der Waals surface area contributed by atoms with E-state index in [1.807, 2.05) is 32.0 Å². The van der Waals surface area contributed by atoms with E-state index in [1.54, 1.807) is 0 Å². The van der Waals surface area contributed by atoms with Crippen LogP contribution in [0.25, 0.3) is 0 Å². The number of benzene rings is 1. The zero-order valence-electron chi connectivity index (χ0n) is 10.6. The second-order valence-electron chi connectivity index (χ2n) is 5.08. The van der Waals surface area contributed by atoms with E-state index in [2.05, 4.69) is 5.32 Å². The van der Waals surface area contributed by atoms with Gasteiger partial charge >= 0.3 is 6.18 Å². The fourth-order valence-electron chi connectivity index (χ4n) is 2.66. The molecular weight excluding hydrogens is 239 g/mol. The molecule has 1 aliphatic heterocycles. The standard InChI is InChI=1S/C14H18F3N/c1-9-5-6-10(2)11(8-9)13-12(14(15,16)17)4-3-7-18-13/h5-6,8,12-13,18H,3-4,7H2,1-2H3. The minimum Gasteiger partial charge on any atom is -0.309 e. The smallest absolute Gasteiger partial charge is 0.309 e. The van der Waals surface area contributed by atoms with Crippen LogP contribution >= 0.6 is 0 Å². The predicted octanol–water partition coefficient (Wildman–Crippen LogP) is 3.91. The van der Waals surface area contributed by atoms with E-state index in [0.29, 0.717) is 13.0 Å². The third-order valence-electron chi connectivity index (χ3n) is 3.65. The van der Waals surface area contributed by atoms with E-state index in [0.717, 1.165) is 16.7 Å². The van der Waals surface area contributed by atoms with Crippen molar-refractivity contribution in [1.29, 1.82) is 0 Å². The van der Waals surface area contributed by atoms with Crippen LogP contribution in [0.15, 0.2) is 18.2 Å². The summed E-state index contributed by atoms with van der Waals surface area (Å²) in [5.41, 5.74) is 2.72. The van der Waals surface area contributed by atoms with Crippen LogP contribution in [0.5, 0.6) is 0 Å². The molecule has 100 valence electrons. The molecule has 1 nitrogen and oxygen atoms in total. The summed E-state index contributed by atoms with van der Waals surface area (Å²) in [6.45, 7) is 4.44. The van der Waals surface area contributed by atoms with Gasteiger partial charge in [0.05, 0.1) is 5.92 Å². The zero-order valence-corrected chi connectivity index (χ0v) is 10.6. The maximum Gasteiger partial charge on any atom is 0.393 e. The SMILES string of the molecule is Cc1ccc(C)c(C2NCCCC2C(F)(F)F)c1. The third-order valence-corrected chi connectivity index (χ3v) is 3.65. The van der Waals surface area contributed by atoms with Gasteiger partial charge in [-0.3, -0.25) is 0 Å². The molecule has 0 bridgehead atoms. The number of nitrogens with one attached hydrogen (secondary N) is 1. The lowest BCUT2D eigenvalue weighted by atomic mass is 9.83. The lowest BCUT2D eigenvalue weighted by Crippen LogP contribution is -2.41. The number of aryl methyl sites for hydroxylation is 2. The molecule has 2 unspecified atom stereocenters. The first-order valence-electron chi connectivity index (χ1n) is 6.27. The van der Waals surface area contributed by atoms with Crippen LogP contribution in [0, 0.1) is 19.8 Å². The summed E-state index contributed by atoms with van der Waals surface area (Å²) in [6, 6.07) is 5.11. The Hall–Kier alpha value is -1.03. The van der Waals surface area contributed by atoms with Crippen LogP contribution in [0.2, 0.25) is 0 Å². The third kappa shape index (κ3) is 2.69. The van der Waals surface area contributed by atoms with Crippen molar-refractivity contribution in [2.24, 2.45) is 5.92 Å². The van der Waals surface area contributed by atoms with E-state index in [-0.39, 0.29) is 6.42 Å². The summed E-state index contributed by atoms with van der Waals surface area (Å²) in [4.78, 5) is 0. The van der Waals surface area contributed by atoms with Gasteiger partial charge in [0.2, 0.25) is 0 Å². The van der Waals surface area contributed by atoms with Crippen molar-refractivity contribution in [2.45, 2.75) is 38.9 Å². The molecular formula is C14H18F3N. The molecule has 0 aromatic heterocycles. The average Bonchev–Trinajstić information content (AvgIpc) is 2.31. The first-order chi connectivity index (χ1) is 8.39.